The fourth-order valence-electron chi connectivity index (χ4n) is 4.20. The van der Waals surface area contributed by atoms with E-state index in [1.807, 2.05) is 65.6 Å². The Morgan fingerprint density at radius 2 is 1.70 bits per heavy atom. The molecule has 0 radical (unpaired) electrons. The third-order valence-electron chi connectivity index (χ3n) is 6.11. The normalized spacial score (nSPS) is 12.2. The number of pyridine rings is 1. The molecule has 0 amide bonds. The number of methoxy groups -OCH3 is 2. The Labute approximate surface area is 219 Å². The number of hydrogen-bond donors (Lipinski definition) is 2. The highest BCUT2D eigenvalue weighted by Gasteiger charge is 2.18. The summed E-state index contributed by atoms with van der Waals surface area (Å²) in [6, 6.07) is 20.9. The van der Waals surface area contributed by atoms with E-state index in [4.69, 9.17) is 31.2 Å². The van der Waals surface area contributed by atoms with Crippen molar-refractivity contribution >= 4 is 33.9 Å². The van der Waals surface area contributed by atoms with Gasteiger partial charge in [0, 0.05) is 23.6 Å². The lowest BCUT2D eigenvalue weighted by Gasteiger charge is -2.27. The van der Waals surface area contributed by atoms with Gasteiger partial charge in [-0.1, -0.05) is 24.3 Å². The Balaban J connectivity index is 1.47. The smallest absolute Gasteiger partial charge is 0.253 e. The molecule has 0 spiro atoms. The summed E-state index contributed by atoms with van der Waals surface area (Å²) >= 11 is 5.82. The molecule has 9 heteroatoms. The first-order chi connectivity index (χ1) is 18.0. The molecule has 5 rings (SSSR count). The fraction of sp³-hybridized carbons (Fsp3) is 0.214. The van der Waals surface area contributed by atoms with Crippen molar-refractivity contribution in [3.8, 4) is 23.0 Å². The van der Waals surface area contributed by atoms with Crippen LogP contribution in [-0.4, -0.2) is 42.4 Å². The van der Waals surface area contributed by atoms with Crippen LogP contribution in [0.5, 0.6) is 23.0 Å². The maximum Gasteiger partial charge on any atom is 0.253 e. The quantitative estimate of drug-likeness (QED) is 0.341. The zero-order valence-corrected chi connectivity index (χ0v) is 21.4. The summed E-state index contributed by atoms with van der Waals surface area (Å²) in [5, 5.41) is 4.59. The second-order valence-corrected chi connectivity index (χ2v) is 8.93. The SMILES string of the molecule is COc1ccc(CN(Cc2cc3cc4c(cc3[nH]c2=O)OCCO4)C(=S)Nc2ccccc2OC)cc1. The zero-order chi connectivity index (χ0) is 25.8. The number of nitrogens with one attached hydrogen (secondary N) is 2. The number of rotatable bonds is 7. The Bertz CT molecular complexity index is 1490. The van der Waals surface area contributed by atoms with Crippen LogP contribution in [0, 0.1) is 0 Å². The first kappa shape index (κ1) is 24.5. The van der Waals surface area contributed by atoms with Crippen molar-refractivity contribution < 1.29 is 18.9 Å². The Hall–Kier alpha value is -4.24. The molecule has 1 aromatic heterocycles. The molecule has 8 nitrogen and oxygen atoms in total. The minimum absolute atomic E-state index is 0.191. The molecule has 4 aromatic rings. The van der Waals surface area contributed by atoms with E-state index in [-0.39, 0.29) is 12.1 Å². The summed E-state index contributed by atoms with van der Waals surface area (Å²) in [5.74, 6) is 2.74. The standard InChI is InChI=1S/C28H27N3O5S/c1-33-21-9-7-18(8-10-21)16-31(28(37)30-22-5-3-4-6-24(22)34-2)17-20-13-19-14-25-26(36-12-11-35-25)15-23(19)29-27(20)32/h3-10,13-15H,11-12,16-17H2,1-2H3,(H,29,32)(H,30,37). The third-order valence-corrected chi connectivity index (χ3v) is 6.47. The molecule has 0 unspecified atom stereocenters. The van der Waals surface area contributed by atoms with Gasteiger partial charge in [0.05, 0.1) is 32.0 Å². The number of nitrogens with zero attached hydrogens (tertiary/aromatic N) is 1. The topological polar surface area (TPSA) is 85.1 Å². The van der Waals surface area contributed by atoms with Crippen molar-refractivity contribution in [1.82, 2.24) is 9.88 Å². The lowest BCUT2D eigenvalue weighted by molar-refractivity contribution is 0.172. The largest absolute Gasteiger partial charge is 0.497 e. The van der Waals surface area contributed by atoms with Crippen LogP contribution in [0.2, 0.25) is 0 Å². The summed E-state index contributed by atoms with van der Waals surface area (Å²) in [5.41, 5.74) is 2.83. The van der Waals surface area contributed by atoms with Crippen LogP contribution in [0.25, 0.3) is 10.9 Å². The van der Waals surface area contributed by atoms with E-state index < -0.39 is 0 Å². The van der Waals surface area contributed by atoms with E-state index in [0.29, 0.717) is 53.2 Å². The molecule has 0 bridgehead atoms. The summed E-state index contributed by atoms with van der Waals surface area (Å²) < 4.78 is 22.1. The Morgan fingerprint density at radius 1 is 0.973 bits per heavy atom. The number of fused-ring (bicyclic) bond motifs is 2. The molecule has 2 heterocycles. The molecule has 0 saturated heterocycles. The van der Waals surface area contributed by atoms with Gasteiger partial charge in [-0.3, -0.25) is 4.79 Å². The van der Waals surface area contributed by atoms with Gasteiger partial charge >= 0.3 is 0 Å². The lowest BCUT2D eigenvalue weighted by Crippen LogP contribution is -2.35. The van der Waals surface area contributed by atoms with Crippen LogP contribution in [0.4, 0.5) is 5.69 Å². The summed E-state index contributed by atoms with van der Waals surface area (Å²) in [6.07, 6.45) is 0. The highest BCUT2D eigenvalue weighted by molar-refractivity contribution is 7.80. The van der Waals surface area contributed by atoms with Gasteiger partial charge in [-0.2, -0.15) is 0 Å². The molecule has 1 aliphatic heterocycles. The second-order valence-electron chi connectivity index (χ2n) is 8.54. The van der Waals surface area contributed by atoms with Crippen LogP contribution in [0.15, 0.2) is 71.5 Å². The number of para-hydroxylation sites is 2. The average Bonchev–Trinajstić information content (AvgIpc) is 2.92. The highest BCUT2D eigenvalue weighted by Crippen LogP contribution is 2.34. The van der Waals surface area contributed by atoms with E-state index >= 15 is 0 Å². The van der Waals surface area contributed by atoms with E-state index in [1.54, 1.807) is 20.3 Å². The number of H-pyrrole nitrogens is 1. The molecule has 0 atom stereocenters. The summed E-state index contributed by atoms with van der Waals surface area (Å²) in [4.78, 5) is 18.0. The van der Waals surface area contributed by atoms with Crippen molar-refractivity contribution in [1.29, 1.82) is 0 Å². The summed E-state index contributed by atoms with van der Waals surface area (Å²) in [6.45, 7) is 1.74. The fourth-order valence-corrected chi connectivity index (χ4v) is 4.44. The molecule has 0 aliphatic carbocycles. The Kier molecular flexibility index (Phi) is 7.14. The molecular formula is C28H27N3O5S. The zero-order valence-electron chi connectivity index (χ0n) is 20.6. The van der Waals surface area contributed by atoms with Crippen LogP contribution >= 0.6 is 12.2 Å². The van der Waals surface area contributed by atoms with Gasteiger partial charge in [0.25, 0.3) is 5.56 Å². The average molecular weight is 518 g/mol. The van der Waals surface area contributed by atoms with Gasteiger partial charge in [0.1, 0.15) is 24.7 Å². The number of aromatic amines is 1. The first-order valence-electron chi connectivity index (χ1n) is 11.8. The number of thiocarbonyl (C=S) groups is 1. The van der Waals surface area contributed by atoms with Crippen molar-refractivity contribution in [2.45, 2.75) is 13.1 Å². The predicted octanol–water partition coefficient (Wildman–Crippen LogP) is 4.72. The van der Waals surface area contributed by atoms with Crippen LogP contribution in [-0.2, 0) is 13.1 Å². The van der Waals surface area contributed by atoms with Crippen LogP contribution in [0.1, 0.15) is 11.1 Å². The molecular weight excluding hydrogens is 490 g/mol. The minimum Gasteiger partial charge on any atom is -0.497 e. The first-order valence-corrected chi connectivity index (χ1v) is 12.2. The third kappa shape index (κ3) is 5.46. The number of benzene rings is 3. The van der Waals surface area contributed by atoms with Gasteiger partial charge in [0.2, 0.25) is 0 Å². The van der Waals surface area contributed by atoms with E-state index in [9.17, 15) is 4.79 Å². The highest BCUT2D eigenvalue weighted by atomic mass is 32.1. The molecule has 190 valence electrons. The lowest BCUT2D eigenvalue weighted by atomic mass is 10.1. The molecule has 0 saturated carbocycles. The van der Waals surface area contributed by atoms with Gasteiger partial charge in [0.15, 0.2) is 16.6 Å². The van der Waals surface area contributed by atoms with E-state index in [0.717, 1.165) is 22.4 Å². The minimum atomic E-state index is -0.191. The van der Waals surface area contributed by atoms with E-state index in [2.05, 4.69) is 10.3 Å². The van der Waals surface area contributed by atoms with E-state index in [1.165, 1.54) is 0 Å². The number of anilines is 1. The van der Waals surface area contributed by atoms with Gasteiger partial charge in [-0.15, -0.1) is 0 Å². The van der Waals surface area contributed by atoms with Gasteiger partial charge in [-0.25, -0.2) is 0 Å². The predicted molar refractivity (Wildman–Crippen MR) is 147 cm³/mol. The molecule has 2 N–H and O–H groups in total. The number of ether oxygens (including phenoxy) is 4. The molecule has 0 fully saturated rings. The van der Waals surface area contributed by atoms with Crippen molar-refractivity contribution in [2.24, 2.45) is 0 Å². The van der Waals surface area contributed by atoms with Gasteiger partial charge < -0.3 is 34.1 Å². The molecule has 1 aliphatic rings. The second kappa shape index (κ2) is 10.8. The van der Waals surface area contributed by atoms with Crippen molar-refractivity contribution in [3.63, 3.8) is 0 Å². The van der Waals surface area contributed by atoms with Crippen molar-refractivity contribution in [3.05, 3.63) is 88.2 Å². The Morgan fingerprint density at radius 3 is 2.43 bits per heavy atom. The van der Waals surface area contributed by atoms with Crippen LogP contribution in [0.3, 0.4) is 0 Å². The van der Waals surface area contributed by atoms with Crippen LogP contribution < -0.4 is 29.8 Å². The maximum absolute atomic E-state index is 13.1. The number of hydrogen-bond acceptors (Lipinski definition) is 6. The summed E-state index contributed by atoms with van der Waals surface area (Å²) in [7, 11) is 3.24. The van der Waals surface area contributed by atoms with Crippen molar-refractivity contribution in [2.75, 3.05) is 32.8 Å². The molecule has 37 heavy (non-hydrogen) atoms. The maximum atomic E-state index is 13.1. The number of aromatic nitrogens is 1. The molecule has 3 aromatic carbocycles. The van der Waals surface area contributed by atoms with Gasteiger partial charge in [-0.05, 0) is 54.2 Å². The monoisotopic (exact) mass is 517 g/mol.